The second kappa shape index (κ2) is 58.8. The van der Waals surface area contributed by atoms with Crippen LogP contribution < -0.4 is 5.32 Å². The number of nitrogens with one attached hydrogen (secondary N) is 1. The summed E-state index contributed by atoms with van der Waals surface area (Å²) in [5.41, 5.74) is 0. The molecule has 1 saturated heterocycles. The van der Waals surface area contributed by atoms with Crippen LogP contribution in [0.15, 0.2) is 72.9 Å². The van der Waals surface area contributed by atoms with Crippen LogP contribution in [0.4, 0.5) is 0 Å². The Morgan fingerprint density at radius 2 is 0.797 bits per heavy atom. The predicted octanol–water partition coefficient (Wildman–Crippen LogP) is 18.0. The van der Waals surface area contributed by atoms with Gasteiger partial charge in [0.2, 0.25) is 5.91 Å². The molecule has 1 rings (SSSR count). The minimum Gasteiger partial charge on any atom is -0.394 e. The largest absolute Gasteiger partial charge is 0.394 e. The third-order valence-corrected chi connectivity index (χ3v) is 15.8. The Hall–Kier alpha value is -2.37. The summed E-state index contributed by atoms with van der Waals surface area (Å²) in [5.74, 6) is -0.188. The number of carbonyl (C=O) groups excluding carboxylic acids is 1. The molecule has 0 aromatic carbocycles. The molecule has 0 aromatic rings. The highest BCUT2D eigenvalue weighted by Gasteiger charge is 2.44. The number of hydrogen-bond acceptors (Lipinski definition) is 8. The highest BCUT2D eigenvalue weighted by atomic mass is 16.7. The molecule has 79 heavy (non-hydrogen) atoms. The van der Waals surface area contributed by atoms with E-state index in [1.54, 1.807) is 6.08 Å². The standard InChI is InChI=1S/C70H127NO8/c1-3-5-7-9-11-13-15-17-19-21-23-25-27-29-30-31-32-33-34-36-37-39-41-43-45-47-49-51-53-55-57-59-64(73)63(62-78-70-69(77)68(76)67(75)65(61-72)79-70)71-66(74)60-58-56-54-52-50-48-46-44-42-40-38-35-28-26-24-22-20-18-16-14-12-10-8-6-4-2/h6,8,12,14,18,20,24,26,49,51,57,59,63-65,67-70,72-73,75-77H,3-5,7,9-11,13,15-17,19,21-23,25,27-48,50,52-56,58,60-62H2,1-2H3,(H,71,74)/b8-6-,14-12-,20-18-,26-24-,51-49+,59-57+. The van der Waals surface area contributed by atoms with Gasteiger partial charge in [0.15, 0.2) is 6.29 Å². The van der Waals surface area contributed by atoms with E-state index in [1.165, 1.54) is 225 Å². The first-order valence-electron chi connectivity index (χ1n) is 33.7. The van der Waals surface area contributed by atoms with Crippen LogP contribution in [-0.4, -0.2) is 87.5 Å². The summed E-state index contributed by atoms with van der Waals surface area (Å²) >= 11 is 0. The first kappa shape index (κ1) is 74.6. The number of hydrogen-bond donors (Lipinski definition) is 6. The summed E-state index contributed by atoms with van der Waals surface area (Å²) in [5, 5.41) is 54.7. The number of allylic oxidation sites excluding steroid dienone is 11. The van der Waals surface area contributed by atoms with E-state index in [9.17, 15) is 30.3 Å². The van der Waals surface area contributed by atoms with Gasteiger partial charge in [-0.25, -0.2) is 0 Å². The quantitative estimate of drug-likeness (QED) is 0.0261. The fourth-order valence-corrected chi connectivity index (χ4v) is 10.5. The van der Waals surface area contributed by atoms with Crippen molar-refractivity contribution in [1.29, 1.82) is 0 Å². The van der Waals surface area contributed by atoms with Crippen LogP contribution in [0.5, 0.6) is 0 Å². The van der Waals surface area contributed by atoms with Crippen molar-refractivity contribution in [2.75, 3.05) is 13.2 Å². The fraction of sp³-hybridized carbons (Fsp3) is 0.814. The summed E-state index contributed by atoms with van der Waals surface area (Å²) in [4.78, 5) is 13.1. The van der Waals surface area contributed by atoms with Crippen LogP contribution in [0.25, 0.3) is 0 Å². The van der Waals surface area contributed by atoms with Gasteiger partial charge < -0.3 is 40.3 Å². The van der Waals surface area contributed by atoms with E-state index in [4.69, 9.17) is 9.47 Å². The van der Waals surface area contributed by atoms with Crippen LogP contribution in [0.1, 0.15) is 309 Å². The van der Waals surface area contributed by atoms with Crippen molar-refractivity contribution in [3.63, 3.8) is 0 Å². The predicted molar refractivity (Wildman–Crippen MR) is 336 cm³/mol. The molecule has 1 aliphatic rings. The van der Waals surface area contributed by atoms with E-state index in [0.29, 0.717) is 6.42 Å². The Bertz CT molecular complexity index is 1470. The van der Waals surface area contributed by atoms with Crippen LogP contribution in [0, 0.1) is 0 Å². The number of aliphatic hydroxyl groups is 5. The number of amides is 1. The van der Waals surface area contributed by atoms with Crippen LogP contribution in [-0.2, 0) is 14.3 Å². The van der Waals surface area contributed by atoms with E-state index in [1.807, 2.05) is 6.08 Å². The Kier molecular flexibility index (Phi) is 55.6. The molecule has 1 aliphatic heterocycles. The summed E-state index contributed by atoms with van der Waals surface area (Å²) in [6, 6.07) is -0.828. The zero-order chi connectivity index (χ0) is 57.2. The fourth-order valence-electron chi connectivity index (χ4n) is 10.5. The molecule has 0 aromatic heterocycles. The van der Waals surface area contributed by atoms with Gasteiger partial charge in [-0.15, -0.1) is 0 Å². The molecular weight excluding hydrogens is 983 g/mol. The molecule has 6 N–H and O–H groups in total. The van der Waals surface area contributed by atoms with Crippen molar-refractivity contribution >= 4 is 5.91 Å². The van der Waals surface area contributed by atoms with Crippen LogP contribution >= 0.6 is 0 Å². The molecule has 7 unspecified atom stereocenters. The lowest BCUT2D eigenvalue weighted by Crippen LogP contribution is -2.60. The van der Waals surface area contributed by atoms with Crippen LogP contribution in [0.3, 0.4) is 0 Å². The van der Waals surface area contributed by atoms with E-state index >= 15 is 0 Å². The zero-order valence-electron chi connectivity index (χ0n) is 51.4. The van der Waals surface area contributed by atoms with Crippen molar-refractivity contribution in [3.05, 3.63) is 72.9 Å². The SMILES string of the molecule is CC/C=C\C/C=C\C/C=C\C/C=C\CCCCCCCCCCCCCCC(=O)NC(COC1OC(CO)C(O)C(O)C1O)C(O)/C=C/CC/C=C/CCCCCCCCCCCCCCCCCCCCCCCCCCC. The number of aliphatic hydroxyl groups excluding tert-OH is 5. The lowest BCUT2D eigenvalue weighted by molar-refractivity contribution is -0.302. The molecule has 9 heteroatoms. The number of carbonyl (C=O) groups is 1. The molecule has 9 nitrogen and oxygen atoms in total. The van der Waals surface area contributed by atoms with Gasteiger partial charge in [0.05, 0.1) is 25.4 Å². The van der Waals surface area contributed by atoms with Gasteiger partial charge in [0.25, 0.3) is 0 Å². The smallest absolute Gasteiger partial charge is 0.220 e. The topological polar surface area (TPSA) is 149 Å². The zero-order valence-corrected chi connectivity index (χ0v) is 51.4. The first-order valence-corrected chi connectivity index (χ1v) is 33.7. The summed E-state index contributed by atoms with van der Waals surface area (Å²) in [6.07, 6.45) is 75.7. The van der Waals surface area contributed by atoms with Crippen molar-refractivity contribution in [2.45, 2.75) is 352 Å². The molecule has 0 aliphatic carbocycles. The average Bonchev–Trinajstić information content (AvgIpc) is 3.47. The minimum absolute atomic E-state index is 0.188. The highest BCUT2D eigenvalue weighted by Crippen LogP contribution is 2.23. The summed E-state index contributed by atoms with van der Waals surface area (Å²) < 4.78 is 11.3. The van der Waals surface area contributed by atoms with Gasteiger partial charge in [-0.05, 0) is 70.6 Å². The minimum atomic E-state index is -1.58. The maximum atomic E-state index is 13.1. The molecule has 1 heterocycles. The number of ether oxygens (including phenoxy) is 2. The van der Waals surface area contributed by atoms with Crippen LogP contribution in [0.2, 0.25) is 0 Å². The Morgan fingerprint density at radius 3 is 1.22 bits per heavy atom. The van der Waals surface area contributed by atoms with Crippen molar-refractivity contribution in [3.8, 4) is 0 Å². The summed E-state index contributed by atoms with van der Waals surface area (Å²) in [7, 11) is 0. The third-order valence-electron chi connectivity index (χ3n) is 15.8. The maximum absolute atomic E-state index is 13.1. The number of rotatable bonds is 58. The van der Waals surface area contributed by atoms with E-state index in [0.717, 1.165) is 64.2 Å². The van der Waals surface area contributed by atoms with E-state index in [-0.39, 0.29) is 12.5 Å². The highest BCUT2D eigenvalue weighted by molar-refractivity contribution is 5.76. The van der Waals surface area contributed by atoms with Gasteiger partial charge in [-0.1, -0.05) is 305 Å². The monoisotopic (exact) mass is 1110 g/mol. The Morgan fingerprint density at radius 1 is 0.443 bits per heavy atom. The molecule has 7 atom stereocenters. The van der Waals surface area contributed by atoms with Gasteiger partial charge in [0.1, 0.15) is 24.4 Å². The second-order valence-corrected chi connectivity index (χ2v) is 23.2. The molecule has 460 valence electrons. The van der Waals surface area contributed by atoms with Gasteiger partial charge in [-0.3, -0.25) is 4.79 Å². The lowest BCUT2D eigenvalue weighted by atomic mass is 9.99. The van der Waals surface area contributed by atoms with E-state index in [2.05, 4.69) is 79.9 Å². The Balaban J connectivity index is 2.17. The number of unbranched alkanes of at least 4 members (excludes halogenated alkanes) is 38. The normalized spacial score (nSPS) is 19.0. The first-order chi connectivity index (χ1) is 38.8. The molecule has 0 radical (unpaired) electrons. The summed E-state index contributed by atoms with van der Waals surface area (Å²) in [6.45, 7) is 3.68. The molecular formula is C70H127NO8. The van der Waals surface area contributed by atoms with Gasteiger partial charge in [0, 0.05) is 6.42 Å². The van der Waals surface area contributed by atoms with Gasteiger partial charge in [-0.2, -0.15) is 0 Å². The molecule has 0 bridgehead atoms. The molecule has 1 amide bonds. The van der Waals surface area contributed by atoms with Crippen molar-refractivity contribution < 1.29 is 39.8 Å². The maximum Gasteiger partial charge on any atom is 0.220 e. The van der Waals surface area contributed by atoms with Crippen molar-refractivity contribution in [1.82, 2.24) is 5.32 Å². The van der Waals surface area contributed by atoms with Gasteiger partial charge >= 0.3 is 0 Å². The molecule has 0 saturated carbocycles. The van der Waals surface area contributed by atoms with Crippen molar-refractivity contribution in [2.24, 2.45) is 0 Å². The van der Waals surface area contributed by atoms with E-state index < -0.39 is 49.5 Å². The lowest BCUT2D eigenvalue weighted by Gasteiger charge is -2.40. The Labute approximate surface area is 487 Å². The molecule has 1 fully saturated rings. The average molecular weight is 1110 g/mol. The molecule has 0 spiro atoms. The second-order valence-electron chi connectivity index (χ2n) is 23.2. The third kappa shape index (κ3) is 47.8.